The largest absolute Gasteiger partial charge is 0.497 e. The van der Waals surface area contributed by atoms with Crippen molar-refractivity contribution < 1.29 is 22.3 Å². The molecule has 1 aliphatic heterocycles. The van der Waals surface area contributed by atoms with Crippen LogP contribution in [-0.4, -0.2) is 48.3 Å². The van der Waals surface area contributed by atoms with Crippen molar-refractivity contribution in [2.75, 3.05) is 18.6 Å². The van der Waals surface area contributed by atoms with E-state index in [1.165, 1.54) is 45.9 Å². The van der Waals surface area contributed by atoms with Gasteiger partial charge in [0.1, 0.15) is 23.1 Å². The number of pyridine rings is 1. The number of fused-ring (bicyclic) bond motifs is 1. The summed E-state index contributed by atoms with van der Waals surface area (Å²) in [5, 5.41) is 0.303. The van der Waals surface area contributed by atoms with Crippen molar-refractivity contribution in [1.82, 2.24) is 14.3 Å². The minimum atomic E-state index is -3.94. The minimum absolute atomic E-state index is 0.0869. The SMILES string of the molecule is COc1ccc(S(=O)(=O)N2CCCC2C(=O)N(Cc2cccnc2)c2nc3c(F)cccc3s2)cc1. The number of halogens is 1. The average Bonchev–Trinajstić information content (AvgIpc) is 3.56. The zero-order valence-electron chi connectivity index (χ0n) is 19.4. The van der Waals surface area contributed by atoms with E-state index >= 15 is 0 Å². The summed E-state index contributed by atoms with van der Waals surface area (Å²) in [6, 6.07) is 13.4. The summed E-state index contributed by atoms with van der Waals surface area (Å²) >= 11 is 1.19. The van der Waals surface area contributed by atoms with Gasteiger partial charge in [0.05, 0.1) is 23.2 Å². The molecule has 0 aliphatic carbocycles. The molecule has 2 aromatic carbocycles. The van der Waals surface area contributed by atoms with Gasteiger partial charge in [0, 0.05) is 18.9 Å². The van der Waals surface area contributed by atoms with Gasteiger partial charge in [-0.25, -0.2) is 17.8 Å². The molecule has 1 amide bonds. The van der Waals surface area contributed by atoms with Gasteiger partial charge in [-0.05, 0) is 60.9 Å². The Morgan fingerprint density at radius 3 is 2.69 bits per heavy atom. The van der Waals surface area contributed by atoms with Crippen molar-refractivity contribution in [1.29, 1.82) is 0 Å². The Morgan fingerprint density at radius 1 is 1.19 bits per heavy atom. The molecule has 1 fully saturated rings. The van der Waals surface area contributed by atoms with Gasteiger partial charge in [-0.15, -0.1) is 0 Å². The second-order valence-electron chi connectivity index (χ2n) is 8.32. The molecule has 1 saturated heterocycles. The Labute approximate surface area is 212 Å². The van der Waals surface area contributed by atoms with Crippen LogP contribution in [0.2, 0.25) is 0 Å². The first kappa shape index (κ1) is 24.3. The second kappa shape index (κ2) is 9.92. The minimum Gasteiger partial charge on any atom is -0.497 e. The van der Waals surface area contributed by atoms with E-state index < -0.39 is 27.8 Å². The third-order valence-electron chi connectivity index (χ3n) is 6.07. The number of rotatable bonds is 7. The summed E-state index contributed by atoms with van der Waals surface area (Å²) in [6.07, 6.45) is 4.18. The highest BCUT2D eigenvalue weighted by Gasteiger charge is 2.42. The van der Waals surface area contributed by atoms with Crippen molar-refractivity contribution in [2.45, 2.75) is 30.3 Å². The second-order valence-corrected chi connectivity index (χ2v) is 11.2. The lowest BCUT2D eigenvalue weighted by Gasteiger charge is -2.28. The predicted octanol–water partition coefficient (Wildman–Crippen LogP) is 4.23. The number of ether oxygens (including phenoxy) is 1. The molecule has 1 aliphatic rings. The quantitative estimate of drug-likeness (QED) is 0.358. The fourth-order valence-electron chi connectivity index (χ4n) is 4.27. The van der Waals surface area contributed by atoms with E-state index in [2.05, 4.69) is 9.97 Å². The number of methoxy groups -OCH3 is 1. The van der Waals surface area contributed by atoms with Gasteiger partial charge in [0.2, 0.25) is 15.9 Å². The number of anilines is 1. The third kappa shape index (κ3) is 4.57. The zero-order valence-corrected chi connectivity index (χ0v) is 21.0. The highest BCUT2D eigenvalue weighted by atomic mass is 32.2. The smallest absolute Gasteiger partial charge is 0.247 e. The van der Waals surface area contributed by atoms with E-state index in [1.54, 1.807) is 42.7 Å². The number of amides is 1. The number of carbonyl (C=O) groups is 1. The van der Waals surface area contributed by atoms with E-state index in [4.69, 9.17) is 4.74 Å². The van der Waals surface area contributed by atoms with Crippen LogP contribution in [0.15, 0.2) is 71.9 Å². The van der Waals surface area contributed by atoms with Gasteiger partial charge >= 0.3 is 0 Å². The highest BCUT2D eigenvalue weighted by Crippen LogP contribution is 2.34. The van der Waals surface area contributed by atoms with E-state index in [-0.39, 0.29) is 23.5 Å². The maximum Gasteiger partial charge on any atom is 0.247 e. The number of aromatic nitrogens is 2. The van der Waals surface area contributed by atoms with Crippen LogP contribution >= 0.6 is 11.3 Å². The highest BCUT2D eigenvalue weighted by molar-refractivity contribution is 7.89. The van der Waals surface area contributed by atoms with Crippen molar-refractivity contribution in [2.24, 2.45) is 0 Å². The van der Waals surface area contributed by atoms with Crippen LogP contribution in [0.5, 0.6) is 5.75 Å². The van der Waals surface area contributed by atoms with Gasteiger partial charge in [0.15, 0.2) is 5.13 Å². The Balaban J connectivity index is 1.51. The summed E-state index contributed by atoms with van der Waals surface area (Å²) in [5.41, 5.74) is 0.920. The summed E-state index contributed by atoms with van der Waals surface area (Å²) in [5.74, 6) is -0.352. The normalized spacial score (nSPS) is 16.3. The van der Waals surface area contributed by atoms with Crippen molar-refractivity contribution in [3.63, 3.8) is 0 Å². The number of thiazole rings is 1. The molecule has 36 heavy (non-hydrogen) atoms. The first-order valence-corrected chi connectivity index (χ1v) is 13.6. The molecule has 11 heteroatoms. The molecule has 4 aromatic rings. The maximum atomic E-state index is 14.4. The lowest BCUT2D eigenvalue weighted by molar-refractivity contribution is -0.121. The van der Waals surface area contributed by atoms with Crippen LogP contribution in [0.4, 0.5) is 9.52 Å². The number of benzene rings is 2. The molecule has 0 radical (unpaired) electrons. The van der Waals surface area contributed by atoms with Crippen LogP contribution in [0.3, 0.4) is 0 Å². The van der Waals surface area contributed by atoms with Crippen molar-refractivity contribution >= 4 is 42.6 Å². The maximum absolute atomic E-state index is 14.4. The van der Waals surface area contributed by atoms with Crippen molar-refractivity contribution in [3.05, 3.63) is 78.4 Å². The molecule has 0 spiro atoms. The average molecular weight is 527 g/mol. The molecule has 0 N–H and O–H groups in total. The Hall–Kier alpha value is -3.41. The molecule has 0 bridgehead atoms. The molecular formula is C25H23FN4O4S2. The summed E-state index contributed by atoms with van der Waals surface area (Å²) in [6.45, 7) is 0.348. The Kier molecular flexibility index (Phi) is 6.69. The van der Waals surface area contributed by atoms with Crippen LogP contribution in [-0.2, 0) is 21.4 Å². The van der Waals surface area contributed by atoms with Gasteiger partial charge in [-0.2, -0.15) is 4.31 Å². The monoisotopic (exact) mass is 526 g/mol. The lowest BCUT2D eigenvalue weighted by Crippen LogP contribution is -2.47. The molecule has 5 rings (SSSR count). The van der Waals surface area contributed by atoms with E-state index in [1.807, 2.05) is 6.07 Å². The van der Waals surface area contributed by atoms with Crippen LogP contribution in [0.25, 0.3) is 10.2 Å². The number of sulfonamides is 1. The summed E-state index contributed by atoms with van der Waals surface area (Å²) in [4.78, 5) is 24.0. The molecule has 186 valence electrons. The standard InChI is InChI=1S/C25H23FN4O4S2/c1-34-18-9-11-19(12-10-18)36(32,33)30-14-4-7-21(30)24(31)29(16-17-5-3-13-27-15-17)25-28-23-20(26)6-2-8-22(23)35-25/h2-3,5-6,8-13,15,21H,4,7,14,16H2,1H3. The molecule has 8 nitrogen and oxygen atoms in total. The first-order chi connectivity index (χ1) is 17.4. The van der Waals surface area contributed by atoms with Gasteiger partial charge < -0.3 is 4.74 Å². The van der Waals surface area contributed by atoms with Crippen LogP contribution in [0, 0.1) is 5.82 Å². The molecular weight excluding hydrogens is 503 g/mol. The van der Waals surface area contributed by atoms with Crippen molar-refractivity contribution in [3.8, 4) is 5.75 Å². The van der Waals surface area contributed by atoms with Gasteiger partial charge in [0.25, 0.3) is 0 Å². The number of para-hydroxylation sites is 1. The topological polar surface area (TPSA) is 92.7 Å². The van der Waals surface area contributed by atoms with Crippen LogP contribution in [0.1, 0.15) is 18.4 Å². The fourth-order valence-corrected chi connectivity index (χ4v) is 6.91. The molecule has 1 unspecified atom stereocenters. The first-order valence-electron chi connectivity index (χ1n) is 11.3. The number of carbonyl (C=O) groups excluding carboxylic acids is 1. The van der Waals surface area contributed by atoms with E-state index in [9.17, 15) is 17.6 Å². The molecule has 0 saturated carbocycles. The number of hydrogen-bond donors (Lipinski definition) is 0. The predicted molar refractivity (Wildman–Crippen MR) is 135 cm³/mol. The van der Waals surface area contributed by atoms with Crippen LogP contribution < -0.4 is 9.64 Å². The summed E-state index contributed by atoms with van der Waals surface area (Å²) < 4.78 is 48.4. The lowest BCUT2D eigenvalue weighted by atomic mass is 10.2. The fraction of sp³-hybridized carbons (Fsp3) is 0.240. The third-order valence-corrected chi connectivity index (χ3v) is 9.04. The van der Waals surface area contributed by atoms with Gasteiger partial charge in [-0.3, -0.25) is 14.7 Å². The zero-order chi connectivity index (χ0) is 25.3. The van der Waals surface area contributed by atoms with Gasteiger partial charge in [-0.1, -0.05) is 23.5 Å². The molecule has 2 aromatic heterocycles. The van der Waals surface area contributed by atoms with E-state index in [0.29, 0.717) is 28.4 Å². The molecule has 3 heterocycles. The summed E-state index contributed by atoms with van der Waals surface area (Å²) in [7, 11) is -2.43. The number of hydrogen-bond acceptors (Lipinski definition) is 7. The van der Waals surface area contributed by atoms with E-state index in [0.717, 1.165) is 5.56 Å². The number of nitrogens with zero attached hydrogens (tertiary/aromatic N) is 4. The Morgan fingerprint density at radius 2 is 2.00 bits per heavy atom. The molecule has 1 atom stereocenters. The Bertz CT molecular complexity index is 1490.